The van der Waals surface area contributed by atoms with Crippen molar-refractivity contribution in [1.29, 1.82) is 0 Å². The van der Waals surface area contributed by atoms with Crippen molar-refractivity contribution in [3.8, 4) is 34.5 Å². The van der Waals surface area contributed by atoms with Crippen LogP contribution in [0.5, 0.6) is 34.5 Å². The zero-order chi connectivity index (χ0) is 92.8. The fraction of sp³-hybridized carbons (Fsp3) is 0.708. The molecule has 6 heterocycles. The molecule has 12 atom stereocenters. The number of fused-ring (bicyclic) bond motifs is 9. The first-order chi connectivity index (χ1) is 54.1. The van der Waals surface area contributed by atoms with Crippen LogP contribution in [0.2, 0.25) is 0 Å². The monoisotopic (exact) mass is 1290 g/mol. The second kappa shape index (κ2) is 32.5. The van der Waals surface area contributed by atoms with Gasteiger partial charge in [0.25, 0.3) is 0 Å². The van der Waals surface area contributed by atoms with Crippen LogP contribution in [0.15, 0.2) is 36.4 Å². The van der Waals surface area contributed by atoms with Gasteiger partial charge in [-0.15, -0.1) is 0 Å². The maximum absolute atomic E-state index is 13.1. The second-order valence-electron chi connectivity index (χ2n) is 24.8. The number of nitrogens with two attached hydrogens (primary N) is 3. The molecule has 6 N–H and O–H groups in total. The highest BCUT2D eigenvalue weighted by atomic mass is 16.6. The molecule has 3 saturated heterocycles. The van der Waals surface area contributed by atoms with Crippen LogP contribution in [0.25, 0.3) is 0 Å². The number of ether oxygens (including phenoxy) is 9. The Labute approximate surface area is 581 Å². The minimum absolute atomic E-state index is 0.0734. The van der Waals surface area contributed by atoms with Crippen molar-refractivity contribution < 1.29 is 98.1 Å². The first kappa shape index (κ1) is 40.7. The van der Waals surface area contributed by atoms with Gasteiger partial charge in [0.15, 0.2) is 34.5 Å². The van der Waals surface area contributed by atoms with Gasteiger partial charge >= 0.3 is 17.9 Å². The molecule has 3 fully saturated rings. The van der Waals surface area contributed by atoms with Crippen LogP contribution in [0.3, 0.4) is 0 Å². The highest BCUT2D eigenvalue weighted by molar-refractivity contribution is 5.77. The summed E-state index contributed by atoms with van der Waals surface area (Å²) >= 11 is 0. The number of aryl methyl sites for hydroxylation is 3. The average molecular weight is 1290 g/mol. The third kappa shape index (κ3) is 17.5. The van der Waals surface area contributed by atoms with Gasteiger partial charge in [-0.25, -0.2) is 0 Å². The van der Waals surface area contributed by atoms with Crippen molar-refractivity contribution >= 4 is 17.9 Å². The van der Waals surface area contributed by atoms with Gasteiger partial charge < -0.3 is 59.8 Å². The van der Waals surface area contributed by atoms with E-state index in [1.54, 1.807) is 83.1 Å². The molecule has 9 unspecified atom stereocenters. The van der Waals surface area contributed by atoms with E-state index in [4.69, 9.17) is 88.6 Å². The summed E-state index contributed by atoms with van der Waals surface area (Å²) < 4.78 is 315. The predicted octanol–water partition coefficient (Wildman–Crippen LogP) is 10.7. The van der Waals surface area contributed by atoms with Gasteiger partial charge in [-0.1, -0.05) is 83.1 Å². The van der Waals surface area contributed by atoms with Gasteiger partial charge in [0.1, 0.15) is 36.4 Å². The van der Waals surface area contributed by atoms with Crippen molar-refractivity contribution in [3.63, 3.8) is 0 Å². The molecule has 3 aromatic rings. The number of hydrogen-bond acceptors (Lipinski definition) is 18. The largest absolute Gasteiger partial charge is 0.493 e. The van der Waals surface area contributed by atoms with Crippen molar-refractivity contribution in [2.45, 2.75) is 195 Å². The lowest BCUT2D eigenvalue weighted by Gasteiger charge is -2.47. The third-order valence-corrected chi connectivity index (χ3v) is 15.4. The van der Waals surface area contributed by atoms with E-state index < -0.39 is 216 Å². The van der Waals surface area contributed by atoms with Gasteiger partial charge in [0, 0.05) is 131 Å². The van der Waals surface area contributed by atoms with Crippen LogP contribution in [-0.2, 0) is 47.7 Å². The van der Waals surface area contributed by atoms with E-state index in [0.717, 1.165) is 19.2 Å². The molecule has 9 rings (SSSR count). The fourth-order valence-corrected chi connectivity index (χ4v) is 10.2. The Kier molecular flexibility index (Phi) is 14.7. The molecule has 0 saturated carbocycles. The highest BCUT2D eigenvalue weighted by Crippen LogP contribution is 2.48. The van der Waals surface area contributed by atoms with Crippen LogP contribution in [0, 0.1) is 53.2 Å². The Morgan fingerprint density at radius 2 is 0.689 bits per heavy atom. The summed E-state index contributed by atoms with van der Waals surface area (Å²) in [6.45, 7) is 1.16. The first-order valence-corrected chi connectivity index (χ1v) is 30.3. The molecule has 0 aliphatic carbocycles. The molecule has 0 radical (unpaired) electrons. The molecular formula is C72H114N6O12. The third-order valence-electron chi connectivity index (χ3n) is 15.4. The van der Waals surface area contributed by atoms with Gasteiger partial charge in [0.05, 0.1) is 46.7 Å². The number of piperidine rings is 3. The summed E-state index contributed by atoms with van der Waals surface area (Å²) in [5.74, 6) is -13.7. The molecule has 3 aromatic carbocycles. The minimum atomic E-state index is -3.31. The SMILES string of the molecule is [2H]C([2H])([2H])Oc1cc2c(cc1OC)C1N(C([2H])([2H])C2([2H])[2H])C([2H])([2H])C([2H])(CC(C)C)C(OC(=O)[C@@H](N)C(C)C)C1([2H])[2H].[2H]C1([2H])C2c3cc(OC)c(OC)cc3C([2H])([2H])C([2H])([2H])N2C([2H])([2H])C([2H])(CC(C)C)C1OC(=O)[C@@H](N)C(C)C.[2H]C1([2H])C2c3cc(OC)c(OC)cc3C([2H])([2H])C([2H])([2H])N2C([2H])([2H])C([2H])(CC(C)C)C1OC(=O)[C@@H](N)C(C)C. The van der Waals surface area contributed by atoms with Gasteiger partial charge in [-0.3, -0.25) is 29.1 Å². The number of hydrogen-bond donors (Lipinski definition) is 3. The first-order valence-electron chi connectivity index (χ1n) is 45.3. The Bertz CT molecular complexity index is 4100. The van der Waals surface area contributed by atoms with Gasteiger partial charge in [-0.05, 0) is 144 Å². The van der Waals surface area contributed by atoms with Crippen LogP contribution in [0.4, 0.5) is 0 Å². The van der Waals surface area contributed by atoms with Crippen LogP contribution < -0.4 is 45.6 Å². The summed E-state index contributed by atoms with van der Waals surface area (Å²) in [6.07, 6.45) is -24.5. The molecule has 6 aliphatic heterocycles. The van der Waals surface area contributed by atoms with Crippen LogP contribution in [-0.4, -0.2) is 151 Å². The molecule has 0 spiro atoms. The van der Waals surface area contributed by atoms with Crippen molar-refractivity contribution in [2.24, 2.45) is 70.4 Å². The van der Waals surface area contributed by atoms with Crippen molar-refractivity contribution in [2.75, 3.05) is 81.6 Å². The number of nitrogens with zero attached hydrogens (tertiary/aromatic N) is 3. The summed E-state index contributed by atoms with van der Waals surface area (Å²) in [4.78, 5) is 40.5. The molecule has 18 heteroatoms. The van der Waals surface area contributed by atoms with E-state index in [-0.39, 0.29) is 81.2 Å². The topological polar surface area (TPSA) is 222 Å². The number of esters is 3. The molecular weight excluding hydrogens is 1140 g/mol. The minimum Gasteiger partial charge on any atom is -0.493 e. The van der Waals surface area contributed by atoms with Crippen LogP contribution in [0.1, 0.15) is 214 Å². The lowest BCUT2D eigenvalue weighted by atomic mass is 9.79. The predicted molar refractivity (Wildman–Crippen MR) is 353 cm³/mol. The summed E-state index contributed by atoms with van der Waals surface area (Å²) in [5.41, 5.74) is 16.4. The Morgan fingerprint density at radius 1 is 0.444 bits per heavy atom. The van der Waals surface area contributed by atoms with E-state index in [9.17, 15) is 26.7 Å². The van der Waals surface area contributed by atoms with Gasteiger partial charge in [-0.2, -0.15) is 0 Å². The summed E-state index contributed by atoms with van der Waals surface area (Å²) in [7, 11) is 3.44. The fourth-order valence-electron chi connectivity index (χ4n) is 10.2. The number of methoxy groups -OCH3 is 6. The average Bonchev–Trinajstić information content (AvgIpc) is 0.670. The number of benzene rings is 3. The molecule has 504 valence electrons. The Hall–Kier alpha value is -5.37. The standard InChI is InChI=1S/3C24H38N2O4/c3*1-14(2)9-17-13-26-8-7-16-10-21(28-5)22(29-6)11-18(16)19(26)12-20(17)30-24(27)23(25)15(3)4/h3*10-11,14-15,17,19-20,23H,7-9,12-13,25H2,1-6H3/t3*17?,19?,20?,23-/m000/s1/i5D3,7D2,8D2,12D2,13D2,17D;2*7D2,8D2,12D2,13D2,17D. The Morgan fingerprint density at radius 3 is 0.911 bits per heavy atom. The number of carbonyl (C=O) groups is 3. The van der Waals surface area contributed by atoms with Crippen molar-refractivity contribution in [3.05, 3.63) is 69.8 Å². The number of carbonyl (C=O) groups excluding carboxylic acids is 3. The smallest absolute Gasteiger partial charge is 0.323 e. The molecule has 18 nitrogen and oxygen atoms in total. The highest BCUT2D eigenvalue weighted by Gasteiger charge is 2.45. The number of rotatable bonds is 21. The molecule has 90 heavy (non-hydrogen) atoms. The normalized spacial score (nSPS) is 39.1. The van der Waals surface area contributed by atoms with Crippen LogP contribution >= 0.6 is 0 Å². The second-order valence-corrected chi connectivity index (χ2v) is 24.8. The van der Waals surface area contributed by atoms with E-state index in [1.807, 2.05) is 0 Å². The quantitative estimate of drug-likeness (QED) is 0.0666. The zero-order valence-corrected chi connectivity index (χ0v) is 54.7. The molecule has 0 aromatic heterocycles. The lowest BCUT2D eigenvalue weighted by Crippen LogP contribution is -2.51. The maximum atomic E-state index is 13.1. The summed E-state index contributed by atoms with van der Waals surface area (Å²) in [6, 6.07) is -2.24. The van der Waals surface area contributed by atoms with E-state index in [2.05, 4.69) is 0 Å². The molecule has 6 aliphatic rings. The lowest BCUT2D eigenvalue weighted by molar-refractivity contribution is -0.161. The van der Waals surface area contributed by atoms with E-state index in [1.165, 1.54) is 52.7 Å². The summed E-state index contributed by atoms with van der Waals surface area (Å²) in [5, 5.41) is 0. The Balaban J connectivity index is 0.000000248. The zero-order valence-electron chi connectivity index (χ0n) is 84.7. The molecule has 0 bridgehead atoms. The molecule has 0 amide bonds. The maximum Gasteiger partial charge on any atom is 0.323 e. The van der Waals surface area contributed by atoms with E-state index >= 15 is 0 Å². The van der Waals surface area contributed by atoms with E-state index in [0.29, 0.717) is 14.7 Å². The van der Waals surface area contributed by atoms with Crippen molar-refractivity contribution in [1.82, 2.24) is 14.7 Å². The van der Waals surface area contributed by atoms with Gasteiger partial charge in [0.2, 0.25) is 0 Å².